The van der Waals surface area contributed by atoms with Crippen molar-refractivity contribution >= 4 is 40.4 Å². The van der Waals surface area contributed by atoms with Gasteiger partial charge in [-0.05, 0) is 54.9 Å². The Morgan fingerprint density at radius 2 is 1.80 bits per heavy atom. The number of alkyl halides is 2. The van der Waals surface area contributed by atoms with E-state index >= 15 is 8.78 Å². The van der Waals surface area contributed by atoms with E-state index in [0.29, 0.717) is 62.5 Å². The highest BCUT2D eigenvalue weighted by atomic mass is 127. The predicted molar refractivity (Wildman–Crippen MR) is 210 cm³/mol. The summed E-state index contributed by atoms with van der Waals surface area (Å²) in [6.07, 6.45) is 1.58. The van der Waals surface area contributed by atoms with Crippen LogP contribution in [-0.2, 0) is 30.3 Å². The molecule has 1 unspecified atom stereocenters. The molecule has 3 aromatic rings. The van der Waals surface area contributed by atoms with Gasteiger partial charge < -0.3 is 34.7 Å². The number of imidazole rings is 1. The van der Waals surface area contributed by atoms with Crippen LogP contribution < -0.4 is 16.0 Å². The van der Waals surface area contributed by atoms with Crippen LogP contribution in [0.3, 0.4) is 0 Å². The number of benzene rings is 2. The van der Waals surface area contributed by atoms with Crippen molar-refractivity contribution < 1.29 is 41.8 Å². The monoisotopic (exact) mass is 881 g/mol. The number of alkyl carbamates (subject to hydrolysis) is 1. The van der Waals surface area contributed by atoms with Crippen molar-refractivity contribution in [1.82, 2.24) is 25.5 Å². The molecule has 2 fully saturated rings. The summed E-state index contributed by atoms with van der Waals surface area (Å²) in [4.78, 5) is 43.4. The molecule has 2 saturated heterocycles. The molecule has 2 aromatic carbocycles. The first-order valence-corrected chi connectivity index (χ1v) is 20.5. The smallest absolute Gasteiger partial charge is 0.407 e. The summed E-state index contributed by atoms with van der Waals surface area (Å²) in [5.41, 5.74) is 1.22. The van der Waals surface area contributed by atoms with Gasteiger partial charge in [-0.1, -0.05) is 59.8 Å². The summed E-state index contributed by atoms with van der Waals surface area (Å²) in [6.45, 7) is 4.92. The maximum atomic E-state index is 15.3. The first kappa shape index (κ1) is 42.6. The lowest BCUT2D eigenvalue weighted by molar-refractivity contribution is -0.126. The summed E-state index contributed by atoms with van der Waals surface area (Å²) in [5, 5.41) is 8.45. The number of aromatic nitrogens is 2. The molecule has 3 N–H and O–H groups in total. The number of ketones is 1. The number of carbonyl (C=O) groups is 3. The van der Waals surface area contributed by atoms with Gasteiger partial charge in [0.2, 0.25) is 5.91 Å². The summed E-state index contributed by atoms with van der Waals surface area (Å²) < 4.78 is 63.9. The van der Waals surface area contributed by atoms with E-state index in [1.165, 1.54) is 0 Å². The standard InChI is InChI=1S/C40H51F3IN5O6/c1-26(25-55-40(52)47-12-16-54-15-11-46-37(51)20-44)17-36(50)32(18-29-21-45-22-34(29)43)38(28-9-13-53-14-10-28)39-48-35(31-19-30(41)7-8-33(31)42)24-49(39)23-27-5-3-2-4-6-27/h2-8,19,24,26,28-29,32,34,38,45H,9-18,20-23,25H2,1H3,(H,46,51)(H,47,52)/t26-,29-,32?,34+,38+/m1/s1. The van der Waals surface area contributed by atoms with Gasteiger partial charge in [0, 0.05) is 81.9 Å². The largest absolute Gasteiger partial charge is 0.449 e. The quantitative estimate of drug-likeness (QED) is 0.0734. The first-order chi connectivity index (χ1) is 26.6. The second kappa shape index (κ2) is 21.7. The zero-order valence-corrected chi connectivity index (χ0v) is 33.3. The Kier molecular flexibility index (Phi) is 16.8. The average Bonchev–Trinajstić information content (AvgIpc) is 3.79. The molecule has 0 spiro atoms. The van der Waals surface area contributed by atoms with E-state index in [0.717, 1.165) is 23.8 Å². The van der Waals surface area contributed by atoms with Gasteiger partial charge in [0.15, 0.2) is 0 Å². The zero-order valence-electron chi connectivity index (χ0n) is 31.1. The summed E-state index contributed by atoms with van der Waals surface area (Å²) >= 11 is 1.97. The van der Waals surface area contributed by atoms with Gasteiger partial charge in [-0.25, -0.2) is 22.9 Å². The number of rotatable bonds is 20. The second-order valence-corrected chi connectivity index (χ2v) is 15.1. The summed E-state index contributed by atoms with van der Waals surface area (Å²) in [7, 11) is 0. The Bertz CT molecular complexity index is 1690. The molecule has 5 rings (SSSR count). The van der Waals surface area contributed by atoms with Crippen LogP contribution >= 0.6 is 22.6 Å². The molecule has 0 aliphatic carbocycles. The van der Waals surface area contributed by atoms with Crippen molar-refractivity contribution in [2.24, 2.45) is 23.7 Å². The van der Waals surface area contributed by atoms with Gasteiger partial charge in [-0.3, -0.25) is 9.59 Å². The van der Waals surface area contributed by atoms with Crippen LogP contribution in [0.4, 0.5) is 18.0 Å². The molecule has 5 atom stereocenters. The Hall–Kier alpha value is -3.54. The minimum atomic E-state index is -1.13. The van der Waals surface area contributed by atoms with E-state index in [2.05, 4.69) is 16.0 Å². The molecular weight excluding hydrogens is 830 g/mol. The Labute approximate surface area is 334 Å². The predicted octanol–water partition coefficient (Wildman–Crippen LogP) is 5.84. The van der Waals surface area contributed by atoms with Crippen molar-refractivity contribution in [2.45, 2.75) is 51.2 Å². The third-order valence-electron chi connectivity index (χ3n) is 10.2. The number of nitrogens with one attached hydrogen (secondary N) is 3. The van der Waals surface area contributed by atoms with E-state index < -0.39 is 41.7 Å². The minimum Gasteiger partial charge on any atom is -0.449 e. The van der Waals surface area contributed by atoms with Crippen LogP contribution in [0.25, 0.3) is 11.3 Å². The van der Waals surface area contributed by atoms with Crippen molar-refractivity contribution in [3.8, 4) is 11.3 Å². The molecular formula is C40H51F3IN5O6. The lowest BCUT2D eigenvalue weighted by atomic mass is 9.70. The number of hydrogen-bond acceptors (Lipinski definition) is 8. The van der Waals surface area contributed by atoms with E-state index in [1.54, 1.807) is 6.20 Å². The minimum absolute atomic E-state index is 0.0151. The lowest BCUT2D eigenvalue weighted by Crippen LogP contribution is -2.36. The number of amides is 2. The molecule has 0 bridgehead atoms. The van der Waals surface area contributed by atoms with Crippen molar-refractivity contribution in [3.05, 3.63) is 77.8 Å². The average molecular weight is 882 g/mol. The number of hydrogen-bond donors (Lipinski definition) is 3. The van der Waals surface area contributed by atoms with Gasteiger partial charge in [0.1, 0.15) is 29.4 Å². The van der Waals surface area contributed by atoms with E-state index in [9.17, 15) is 18.8 Å². The number of halogens is 4. The molecule has 15 heteroatoms. The number of carbonyl (C=O) groups excluding carboxylic acids is 3. The first-order valence-electron chi connectivity index (χ1n) is 19.0. The fraction of sp³-hybridized carbons (Fsp3) is 0.550. The third kappa shape index (κ3) is 12.7. The van der Waals surface area contributed by atoms with Crippen LogP contribution in [-0.4, -0.2) is 97.1 Å². The summed E-state index contributed by atoms with van der Waals surface area (Å²) in [6, 6.07) is 13.0. The second-order valence-electron chi connectivity index (χ2n) is 14.4. The van der Waals surface area contributed by atoms with E-state index in [4.69, 9.17) is 19.2 Å². The molecule has 55 heavy (non-hydrogen) atoms. The number of Topliss-reactive ketones (excluding diaryl/α,β-unsaturated/α-hetero) is 1. The highest BCUT2D eigenvalue weighted by Crippen LogP contribution is 2.43. The third-order valence-corrected chi connectivity index (χ3v) is 10.9. The fourth-order valence-electron chi connectivity index (χ4n) is 7.42. The van der Waals surface area contributed by atoms with Gasteiger partial charge in [-0.2, -0.15) is 0 Å². The lowest BCUT2D eigenvalue weighted by Gasteiger charge is -2.36. The molecule has 2 aliphatic heterocycles. The Morgan fingerprint density at radius 1 is 1.05 bits per heavy atom. The molecule has 300 valence electrons. The van der Waals surface area contributed by atoms with Crippen molar-refractivity contribution in [3.63, 3.8) is 0 Å². The maximum Gasteiger partial charge on any atom is 0.407 e. The molecule has 0 saturated carbocycles. The zero-order chi connectivity index (χ0) is 39.2. The van der Waals surface area contributed by atoms with E-state index in [-0.39, 0.29) is 73.9 Å². The van der Waals surface area contributed by atoms with Crippen LogP contribution in [0.1, 0.15) is 49.9 Å². The molecule has 11 nitrogen and oxygen atoms in total. The SMILES string of the molecule is C[C@@H](COC(=O)NCCOCCNC(=O)CI)CC(=O)C(C[C@@H]1CNC[C@@H]1F)[C@@H](c1nc(-c2cc(F)ccc2F)cn1Cc1ccccc1)C1CCOCC1. The molecule has 1 aromatic heterocycles. The number of ether oxygens (including phenoxy) is 3. The van der Waals surface area contributed by atoms with Gasteiger partial charge in [0.05, 0.1) is 29.9 Å². The molecule has 2 amide bonds. The molecule has 3 heterocycles. The molecule has 0 radical (unpaired) electrons. The fourth-order valence-corrected chi connectivity index (χ4v) is 7.69. The van der Waals surface area contributed by atoms with Crippen LogP contribution in [0.2, 0.25) is 0 Å². The number of nitrogens with zero attached hydrogens (tertiary/aromatic N) is 2. The molecule has 2 aliphatic rings. The van der Waals surface area contributed by atoms with Gasteiger partial charge in [0.25, 0.3) is 0 Å². The van der Waals surface area contributed by atoms with E-state index in [1.807, 2.05) is 64.4 Å². The van der Waals surface area contributed by atoms with Crippen LogP contribution in [0.15, 0.2) is 54.7 Å². The van der Waals surface area contributed by atoms with Crippen molar-refractivity contribution in [2.75, 3.05) is 63.6 Å². The van der Waals surface area contributed by atoms with Gasteiger partial charge >= 0.3 is 6.09 Å². The van der Waals surface area contributed by atoms with Gasteiger partial charge in [-0.15, -0.1) is 0 Å². The normalized spacial score (nSPS) is 19.1. The Morgan fingerprint density at radius 3 is 2.51 bits per heavy atom. The van der Waals surface area contributed by atoms with Crippen LogP contribution in [0.5, 0.6) is 0 Å². The summed E-state index contributed by atoms with van der Waals surface area (Å²) in [5.74, 6) is -2.78. The highest BCUT2D eigenvalue weighted by Gasteiger charge is 2.42. The highest BCUT2D eigenvalue weighted by molar-refractivity contribution is 14.1. The topological polar surface area (TPSA) is 133 Å². The van der Waals surface area contributed by atoms with Crippen LogP contribution in [0, 0.1) is 35.3 Å². The van der Waals surface area contributed by atoms with Crippen molar-refractivity contribution in [1.29, 1.82) is 0 Å². The Balaban J connectivity index is 1.37. The maximum absolute atomic E-state index is 15.3.